The van der Waals surface area contributed by atoms with E-state index in [1.54, 1.807) is 25.1 Å². The van der Waals surface area contributed by atoms with Crippen molar-refractivity contribution in [1.82, 2.24) is 4.98 Å². The van der Waals surface area contributed by atoms with Crippen LogP contribution in [0, 0.1) is 30.4 Å². The van der Waals surface area contributed by atoms with Gasteiger partial charge in [0.05, 0.1) is 26.5 Å². The van der Waals surface area contributed by atoms with Gasteiger partial charge in [-0.3, -0.25) is 9.78 Å². The number of fused-ring (bicyclic) bond motifs is 2. The van der Waals surface area contributed by atoms with Crippen LogP contribution in [0.5, 0.6) is 0 Å². The average molecular weight is 607 g/mol. The number of aliphatic hydroxyl groups is 3. The molecule has 12 heteroatoms. The van der Waals surface area contributed by atoms with E-state index in [1.807, 2.05) is 0 Å². The summed E-state index contributed by atoms with van der Waals surface area (Å²) in [7, 11) is -4.10. The number of nitrogens with one attached hydrogen (secondary N) is 1. The number of carbonyl (C=O) groups is 1. The molecule has 0 radical (unpaired) electrons. The Balaban J connectivity index is 1.37. The number of aromatic nitrogens is 1. The van der Waals surface area contributed by atoms with Crippen molar-refractivity contribution in [3.8, 4) is 0 Å². The zero-order chi connectivity index (χ0) is 29.7. The molecular formula is C29H29ClF2N2O6S. The fourth-order valence-corrected chi connectivity index (χ4v) is 8.64. The number of aliphatic hydroxyl groups excluding tert-OH is 2. The highest BCUT2D eigenvalue weighted by Gasteiger charge is 2.60. The monoisotopic (exact) mass is 606 g/mol. The summed E-state index contributed by atoms with van der Waals surface area (Å²) in [5.74, 6) is -4.21. The number of halogens is 3. The van der Waals surface area contributed by atoms with Gasteiger partial charge in [0.1, 0.15) is 12.2 Å². The fraction of sp³-hybridized carbons (Fsp3) is 0.379. The van der Waals surface area contributed by atoms with E-state index in [2.05, 4.69) is 10.3 Å². The van der Waals surface area contributed by atoms with Gasteiger partial charge in [0.2, 0.25) is 0 Å². The molecule has 41 heavy (non-hydrogen) atoms. The molecule has 2 bridgehead atoms. The van der Waals surface area contributed by atoms with Crippen LogP contribution < -0.4 is 5.32 Å². The Morgan fingerprint density at radius 2 is 1.73 bits per heavy atom. The lowest BCUT2D eigenvalue weighted by Crippen LogP contribution is -2.57. The van der Waals surface area contributed by atoms with Crippen LogP contribution in [0.1, 0.15) is 53.5 Å². The van der Waals surface area contributed by atoms with Crippen molar-refractivity contribution in [3.63, 3.8) is 0 Å². The Hall–Kier alpha value is -2.96. The van der Waals surface area contributed by atoms with Crippen LogP contribution in [-0.2, 0) is 9.84 Å². The van der Waals surface area contributed by atoms with Crippen LogP contribution in [0.3, 0.4) is 0 Å². The SMILES string of the molecule is Cc1cccc(C(O)C(O)C2(O)C3CC[C@H]2CC(S(=O)(=O)c2cc(C(=O)Nc4ccc(F)c(F)c4)ccc2Cl)C3)n1. The van der Waals surface area contributed by atoms with Gasteiger partial charge in [-0.25, -0.2) is 17.2 Å². The summed E-state index contributed by atoms with van der Waals surface area (Å²) >= 11 is 6.29. The van der Waals surface area contributed by atoms with Crippen molar-refractivity contribution >= 4 is 33.0 Å². The summed E-state index contributed by atoms with van der Waals surface area (Å²) in [6.07, 6.45) is -2.09. The highest BCUT2D eigenvalue weighted by Crippen LogP contribution is 2.55. The highest BCUT2D eigenvalue weighted by molar-refractivity contribution is 7.92. The summed E-state index contributed by atoms with van der Waals surface area (Å²) < 4.78 is 54.4. The lowest BCUT2D eigenvalue weighted by atomic mass is 9.69. The standard InChI is InChI=1S/C29H29ClF2N2O6S/c1-15-3-2-4-24(33-15)26(35)27(36)29(38)17-6-7-18(29)13-20(12-17)41(39,40)25-11-16(5-9-21(25)30)28(37)34-19-8-10-22(31)23(32)14-19/h2-5,8-11,14,17-18,20,26-27,35-36,38H,6-7,12-13H2,1H3,(H,34,37)/t17-,18?,20?,26?,27?,29?/m0/s1. The van der Waals surface area contributed by atoms with Gasteiger partial charge in [-0.1, -0.05) is 17.7 Å². The third kappa shape index (κ3) is 5.37. The predicted molar refractivity (Wildman–Crippen MR) is 147 cm³/mol. The Labute approximate surface area is 240 Å². The van der Waals surface area contributed by atoms with Crippen LogP contribution in [0.2, 0.25) is 5.02 Å². The maximum absolute atomic E-state index is 13.8. The van der Waals surface area contributed by atoms with Crippen molar-refractivity contribution in [2.45, 2.75) is 60.6 Å². The van der Waals surface area contributed by atoms with E-state index >= 15 is 0 Å². The number of sulfone groups is 1. The molecule has 1 heterocycles. The normalized spacial score (nSPS) is 25.5. The lowest BCUT2D eigenvalue weighted by molar-refractivity contribution is -0.178. The van der Waals surface area contributed by atoms with Crippen molar-refractivity contribution in [3.05, 3.63) is 88.2 Å². The summed E-state index contributed by atoms with van der Waals surface area (Å²) in [6.45, 7) is 1.74. The van der Waals surface area contributed by atoms with E-state index in [1.165, 1.54) is 18.2 Å². The lowest BCUT2D eigenvalue weighted by Gasteiger charge is -2.46. The van der Waals surface area contributed by atoms with Gasteiger partial charge >= 0.3 is 0 Å². The second-order valence-electron chi connectivity index (χ2n) is 10.8. The number of benzene rings is 2. The van der Waals surface area contributed by atoms with Gasteiger partial charge in [-0.05, 0) is 86.9 Å². The maximum atomic E-state index is 13.8. The Bertz CT molecular complexity index is 1590. The third-order valence-electron chi connectivity index (χ3n) is 8.37. The average Bonchev–Trinajstić information content (AvgIpc) is 3.10. The smallest absolute Gasteiger partial charge is 0.255 e. The molecule has 5 rings (SSSR count). The molecule has 2 saturated carbocycles. The molecule has 4 N–H and O–H groups in total. The van der Waals surface area contributed by atoms with Crippen LogP contribution in [0.25, 0.3) is 0 Å². The molecule has 0 saturated heterocycles. The van der Waals surface area contributed by atoms with Crippen molar-refractivity contribution in [1.29, 1.82) is 0 Å². The predicted octanol–water partition coefficient (Wildman–Crippen LogP) is 4.36. The van der Waals surface area contributed by atoms with Gasteiger partial charge in [0.15, 0.2) is 21.5 Å². The van der Waals surface area contributed by atoms with Gasteiger partial charge in [-0.2, -0.15) is 0 Å². The van der Waals surface area contributed by atoms with Crippen LogP contribution >= 0.6 is 11.6 Å². The Morgan fingerprint density at radius 1 is 1.05 bits per heavy atom. The number of anilines is 1. The summed E-state index contributed by atoms with van der Waals surface area (Å²) in [5.41, 5.74) is -0.941. The second kappa shape index (κ2) is 11.0. The van der Waals surface area contributed by atoms with Gasteiger partial charge < -0.3 is 20.6 Å². The molecule has 2 aliphatic carbocycles. The first-order chi connectivity index (χ1) is 19.3. The molecule has 2 aromatic carbocycles. The molecule has 2 fully saturated rings. The van der Waals surface area contributed by atoms with E-state index in [0.29, 0.717) is 18.5 Å². The Kier molecular flexibility index (Phi) is 7.95. The topological polar surface area (TPSA) is 137 Å². The zero-order valence-electron chi connectivity index (χ0n) is 22.0. The minimum Gasteiger partial charge on any atom is -0.387 e. The van der Waals surface area contributed by atoms with E-state index in [4.69, 9.17) is 11.6 Å². The molecule has 6 atom stereocenters. The van der Waals surface area contributed by atoms with Crippen LogP contribution in [0.15, 0.2) is 59.5 Å². The molecule has 0 spiro atoms. The zero-order valence-corrected chi connectivity index (χ0v) is 23.5. The third-order valence-corrected chi connectivity index (χ3v) is 11.0. The first-order valence-electron chi connectivity index (χ1n) is 13.1. The molecular weight excluding hydrogens is 578 g/mol. The number of pyridine rings is 1. The minimum absolute atomic E-state index is 0.0157. The minimum atomic E-state index is -4.10. The highest BCUT2D eigenvalue weighted by atomic mass is 35.5. The van der Waals surface area contributed by atoms with Gasteiger partial charge in [-0.15, -0.1) is 0 Å². The van der Waals surface area contributed by atoms with Crippen molar-refractivity contribution < 1.29 is 37.3 Å². The molecule has 218 valence electrons. The number of nitrogens with zero attached hydrogens (tertiary/aromatic N) is 1. The van der Waals surface area contributed by atoms with Crippen LogP contribution in [0.4, 0.5) is 14.5 Å². The number of hydrogen-bond donors (Lipinski definition) is 4. The molecule has 1 aromatic heterocycles. The van der Waals surface area contributed by atoms with Gasteiger partial charge in [0, 0.05) is 23.0 Å². The number of aryl methyl sites for hydroxylation is 1. The van der Waals surface area contributed by atoms with E-state index < -0.39 is 62.3 Å². The quantitative estimate of drug-likeness (QED) is 0.314. The number of carbonyl (C=O) groups excluding carboxylic acids is 1. The molecule has 1 amide bonds. The molecule has 2 aliphatic rings. The van der Waals surface area contributed by atoms with Crippen molar-refractivity contribution in [2.24, 2.45) is 11.8 Å². The molecule has 0 aliphatic heterocycles. The van der Waals surface area contributed by atoms with Gasteiger partial charge in [0.25, 0.3) is 5.91 Å². The summed E-state index contributed by atoms with van der Waals surface area (Å²) in [4.78, 5) is 16.8. The van der Waals surface area contributed by atoms with Crippen LogP contribution in [-0.4, -0.2) is 51.6 Å². The van der Waals surface area contributed by atoms with E-state index in [-0.39, 0.29) is 39.7 Å². The first-order valence-corrected chi connectivity index (χ1v) is 15.1. The second-order valence-corrected chi connectivity index (χ2v) is 13.4. The number of hydrogen-bond acceptors (Lipinski definition) is 7. The maximum Gasteiger partial charge on any atom is 0.255 e. The molecule has 8 nitrogen and oxygen atoms in total. The largest absolute Gasteiger partial charge is 0.387 e. The Morgan fingerprint density at radius 3 is 2.37 bits per heavy atom. The molecule has 5 unspecified atom stereocenters. The van der Waals surface area contributed by atoms with Crippen molar-refractivity contribution in [2.75, 3.05) is 5.32 Å². The first kappa shape index (κ1) is 29.5. The van der Waals surface area contributed by atoms with E-state index in [0.717, 1.165) is 18.2 Å². The van der Waals surface area contributed by atoms with E-state index in [9.17, 15) is 37.3 Å². The molecule has 3 aromatic rings. The number of amides is 1. The fourth-order valence-electron chi connectivity index (χ4n) is 6.24. The number of rotatable bonds is 7. The summed E-state index contributed by atoms with van der Waals surface area (Å²) in [5, 5.41) is 35.0. The summed E-state index contributed by atoms with van der Waals surface area (Å²) in [6, 6.07) is 11.5.